The first kappa shape index (κ1) is 13.7. The Morgan fingerprint density at radius 3 is 2.15 bits per heavy atom. The van der Waals surface area contributed by atoms with Crippen molar-refractivity contribution in [1.82, 2.24) is 0 Å². The van der Waals surface area contributed by atoms with Gasteiger partial charge in [0.15, 0.2) is 0 Å². The van der Waals surface area contributed by atoms with Gasteiger partial charge >= 0.3 is 0 Å². The highest BCUT2D eigenvalue weighted by molar-refractivity contribution is 9.09. The van der Waals surface area contributed by atoms with Crippen LogP contribution < -0.4 is 4.74 Å². The van der Waals surface area contributed by atoms with E-state index in [1.807, 2.05) is 0 Å². The summed E-state index contributed by atoms with van der Waals surface area (Å²) in [6.45, 7) is 0.830. The fraction of sp³-hybridized carbons (Fsp3) is 0.333. The lowest BCUT2D eigenvalue weighted by Gasteiger charge is -2.13. The van der Waals surface area contributed by atoms with Crippen molar-refractivity contribution in [1.29, 1.82) is 0 Å². The average Bonchev–Trinajstić information content (AvgIpc) is 3.28. The van der Waals surface area contributed by atoms with Crippen LogP contribution >= 0.6 is 15.9 Å². The van der Waals surface area contributed by atoms with Crippen molar-refractivity contribution in [2.24, 2.45) is 5.41 Å². The molecule has 0 N–H and O–H groups in total. The SMILES string of the molecule is BrCC1(COc2ccc(Cc3ccccc3)cc2)CC1. The predicted molar refractivity (Wildman–Crippen MR) is 86.6 cm³/mol. The molecular formula is C18H19BrO. The van der Waals surface area contributed by atoms with Crippen LogP contribution in [-0.2, 0) is 6.42 Å². The van der Waals surface area contributed by atoms with Gasteiger partial charge in [-0.15, -0.1) is 0 Å². The molecule has 104 valence electrons. The van der Waals surface area contributed by atoms with E-state index in [0.717, 1.165) is 24.1 Å². The molecule has 0 saturated heterocycles. The fourth-order valence-corrected chi connectivity index (χ4v) is 2.99. The molecule has 0 aromatic heterocycles. The third kappa shape index (κ3) is 3.43. The first-order valence-electron chi connectivity index (χ1n) is 7.11. The van der Waals surface area contributed by atoms with E-state index in [-0.39, 0.29) is 0 Å². The van der Waals surface area contributed by atoms with Gasteiger partial charge in [0.2, 0.25) is 0 Å². The molecule has 3 rings (SSSR count). The first-order valence-corrected chi connectivity index (χ1v) is 8.23. The molecule has 1 nitrogen and oxygen atoms in total. The second kappa shape index (κ2) is 6.01. The summed E-state index contributed by atoms with van der Waals surface area (Å²) in [5.74, 6) is 0.981. The summed E-state index contributed by atoms with van der Waals surface area (Å²) >= 11 is 3.58. The van der Waals surface area contributed by atoms with Crippen LogP contribution in [0.1, 0.15) is 24.0 Å². The number of benzene rings is 2. The van der Waals surface area contributed by atoms with Crippen molar-refractivity contribution in [2.45, 2.75) is 19.3 Å². The summed E-state index contributed by atoms with van der Waals surface area (Å²) in [6.07, 6.45) is 3.54. The third-order valence-corrected chi connectivity index (χ3v) is 5.15. The normalized spacial score (nSPS) is 15.8. The zero-order valence-corrected chi connectivity index (χ0v) is 13.1. The van der Waals surface area contributed by atoms with Crippen molar-refractivity contribution in [3.05, 3.63) is 65.7 Å². The molecule has 1 aliphatic rings. The van der Waals surface area contributed by atoms with Crippen LogP contribution in [0.4, 0.5) is 0 Å². The predicted octanol–water partition coefficient (Wildman–Crippen LogP) is 4.83. The van der Waals surface area contributed by atoms with Crippen molar-refractivity contribution in [2.75, 3.05) is 11.9 Å². The molecule has 1 saturated carbocycles. The lowest BCUT2D eigenvalue weighted by Crippen LogP contribution is -2.14. The minimum absolute atomic E-state index is 0.405. The van der Waals surface area contributed by atoms with Crippen LogP contribution in [0, 0.1) is 5.41 Å². The number of rotatable bonds is 6. The van der Waals surface area contributed by atoms with E-state index >= 15 is 0 Å². The maximum atomic E-state index is 5.90. The van der Waals surface area contributed by atoms with Crippen LogP contribution in [0.25, 0.3) is 0 Å². The Morgan fingerprint density at radius 2 is 1.55 bits per heavy atom. The minimum atomic E-state index is 0.405. The molecular weight excluding hydrogens is 312 g/mol. The second-order valence-corrected chi connectivity index (χ2v) is 6.29. The Morgan fingerprint density at radius 1 is 0.900 bits per heavy atom. The molecule has 0 unspecified atom stereocenters. The van der Waals surface area contributed by atoms with Gasteiger partial charge in [-0.1, -0.05) is 58.4 Å². The topological polar surface area (TPSA) is 9.23 Å². The number of hydrogen-bond donors (Lipinski definition) is 0. The molecule has 0 radical (unpaired) electrons. The molecule has 1 aliphatic carbocycles. The molecule has 0 bridgehead atoms. The number of ether oxygens (including phenoxy) is 1. The highest BCUT2D eigenvalue weighted by atomic mass is 79.9. The summed E-state index contributed by atoms with van der Waals surface area (Å²) in [6, 6.07) is 19.0. The Labute approximate surface area is 129 Å². The van der Waals surface area contributed by atoms with E-state index in [2.05, 4.69) is 70.5 Å². The summed E-state index contributed by atoms with van der Waals surface area (Å²) < 4.78 is 5.90. The monoisotopic (exact) mass is 330 g/mol. The molecule has 0 atom stereocenters. The van der Waals surface area contributed by atoms with E-state index in [4.69, 9.17) is 4.74 Å². The molecule has 0 amide bonds. The van der Waals surface area contributed by atoms with E-state index in [1.165, 1.54) is 24.0 Å². The molecule has 0 spiro atoms. The lowest BCUT2D eigenvalue weighted by molar-refractivity contribution is 0.251. The second-order valence-electron chi connectivity index (χ2n) is 5.73. The van der Waals surface area contributed by atoms with Gasteiger partial charge in [-0.3, -0.25) is 0 Å². The van der Waals surface area contributed by atoms with Gasteiger partial charge in [0.25, 0.3) is 0 Å². The summed E-state index contributed by atoms with van der Waals surface area (Å²) in [7, 11) is 0. The zero-order valence-electron chi connectivity index (χ0n) is 11.5. The largest absolute Gasteiger partial charge is 0.493 e. The smallest absolute Gasteiger partial charge is 0.119 e. The molecule has 2 aromatic carbocycles. The number of alkyl halides is 1. The fourth-order valence-electron chi connectivity index (χ4n) is 2.26. The van der Waals surface area contributed by atoms with Crippen LogP contribution in [0.15, 0.2) is 54.6 Å². The first-order chi connectivity index (χ1) is 9.80. The van der Waals surface area contributed by atoms with Crippen molar-refractivity contribution in [3.63, 3.8) is 0 Å². The number of halogens is 1. The van der Waals surface area contributed by atoms with Crippen LogP contribution in [0.5, 0.6) is 5.75 Å². The highest BCUT2D eigenvalue weighted by Crippen LogP contribution is 2.47. The van der Waals surface area contributed by atoms with Crippen LogP contribution in [0.3, 0.4) is 0 Å². The van der Waals surface area contributed by atoms with Crippen molar-refractivity contribution >= 4 is 15.9 Å². The van der Waals surface area contributed by atoms with Gasteiger partial charge in [0, 0.05) is 10.7 Å². The maximum absolute atomic E-state index is 5.90. The molecule has 20 heavy (non-hydrogen) atoms. The standard InChI is InChI=1S/C18H19BrO/c19-13-18(10-11-18)14-20-17-8-6-16(7-9-17)12-15-4-2-1-3-5-15/h1-9H,10-14H2. The maximum Gasteiger partial charge on any atom is 0.119 e. The van der Waals surface area contributed by atoms with Gasteiger partial charge in [-0.2, -0.15) is 0 Å². The highest BCUT2D eigenvalue weighted by Gasteiger charge is 2.42. The van der Waals surface area contributed by atoms with E-state index in [0.29, 0.717) is 5.41 Å². The minimum Gasteiger partial charge on any atom is -0.493 e. The van der Waals surface area contributed by atoms with Crippen molar-refractivity contribution < 1.29 is 4.74 Å². The number of hydrogen-bond acceptors (Lipinski definition) is 1. The summed E-state index contributed by atoms with van der Waals surface area (Å²) in [5.41, 5.74) is 3.07. The summed E-state index contributed by atoms with van der Waals surface area (Å²) in [4.78, 5) is 0. The Bertz CT molecular complexity index is 543. The van der Waals surface area contributed by atoms with Gasteiger partial charge in [0.1, 0.15) is 5.75 Å². The molecule has 0 aliphatic heterocycles. The molecule has 0 heterocycles. The van der Waals surface area contributed by atoms with Gasteiger partial charge in [-0.05, 0) is 42.5 Å². The van der Waals surface area contributed by atoms with E-state index in [1.54, 1.807) is 0 Å². The van der Waals surface area contributed by atoms with Crippen LogP contribution in [0.2, 0.25) is 0 Å². The van der Waals surface area contributed by atoms with Gasteiger partial charge < -0.3 is 4.74 Å². The van der Waals surface area contributed by atoms with Crippen molar-refractivity contribution in [3.8, 4) is 5.75 Å². The Kier molecular flexibility index (Phi) is 4.11. The van der Waals surface area contributed by atoms with Gasteiger partial charge in [-0.25, -0.2) is 0 Å². The molecule has 2 heteroatoms. The average molecular weight is 331 g/mol. The molecule has 2 aromatic rings. The Hall–Kier alpha value is -1.28. The lowest BCUT2D eigenvalue weighted by atomic mass is 10.1. The van der Waals surface area contributed by atoms with E-state index < -0.39 is 0 Å². The van der Waals surface area contributed by atoms with Gasteiger partial charge in [0.05, 0.1) is 6.61 Å². The summed E-state index contributed by atoms with van der Waals surface area (Å²) in [5, 5.41) is 1.05. The zero-order chi connectivity index (χ0) is 13.8. The Balaban J connectivity index is 1.57. The quantitative estimate of drug-likeness (QED) is 0.689. The molecule has 1 fully saturated rings. The van der Waals surface area contributed by atoms with E-state index in [9.17, 15) is 0 Å². The van der Waals surface area contributed by atoms with Crippen LogP contribution in [-0.4, -0.2) is 11.9 Å². The third-order valence-electron chi connectivity index (χ3n) is 3.96.